The predicted molar refractivity (Wildman–Crippen MR) is 65.0 cm³/mol. The highest BCUT2D eigenvalue weighted by molar-refractivity contribution is 4.84. The highest BCUT2D eigenvalue weighted by Gasteiger charge is 2.29. The summed E-state index contributed by atoms with van der Waals surface area (Å²) in [5, 5.41) is 3.37. The summed E-state index contributed by atoms with van der Waals surface area (Å²) in [5.74, 6) is 1.83. The first-order chi connectivity index (χ1) is 7.07. The van der Waals surface area contributed by atoms with Crippen LogP contribution in [0.25, 0.3) is 0 Å². The van der Waals surface area contributed by atoms with E-state index in [0.29, 0.717) is 5.41 Å². The molecule has 0 amide bonds. The van der Waals surface area contributed by atoms with E-state index >= 15 is 0 Å². The molecule has 0 aromatic carbocycles. The maximum atomic E-state index is 3.37. The largest absolute Gasteiger partial charge is 0.316 e. The number of piperidine rings is 1. The molecule has 1 atom stereocenters. The summed E-state index contributed by atoms with van der Waals surface area (Å²) < 4.78 is 0. The zero-order valence-corrected chi connectivity index (χ0v) is 10.6. The minimum Gasteiger partial charge on any atom is -0.316 e. The van der Waals surface area contributed by atoms with E-state index in [1.165, 1.54) is 45.6 Å². The van der Waals surface area contributed by atoms with Crippen molar-refractivity contribution in [3.63, 3.8) is 0 Å². The molecule has 0 aromatic heterocycles. The molecule has 2 aliphatic heterocycles. The third-order valence-corrected chi connectivity index (χ3v) is 4.37. The monoisotopic (exact) mass is 210 g/mol. The fourth-order valence-corrected chi connectivity index (χ4v) is 2.61. The predicted octanol–water partition coefficient (Wildman–Crippen LogP) is 1.96. The van der Waals surface area contributed by atoms with E-state index in [0.717, 1.165) is 11.8 Å². The second kappa shape index (κ2) is 4.42. The van der Waals surface area contributed by atoms with Crippen LogP contribution in [0.15, 0.2) is 0 Å². The molecule has 0 aromatic rings. The molecule has 0 radical (unpaired) electrons. The van der Waals surface area contributed by atoms with Crippen molar-refractivity contribution in [3.8, 4) is 0 Å². The van der Waals surface area contributed by atoms with E-state index in [-0.39, 0.29) is 0 Å². The van der Waals surface area contributed by atoms with E-state index < -0.39 is 0 Å². The summed E-state index contributed by atoms with van der Waals surface area (Å²) in [7, 11) is 0. The molecule has 2 nitrogen and oxygen atoms in total. The van der Waals surface area contributed by atoms with Crippen molar-refractivity contribution >= 4 is 0 Å². The van der Waals surface area contributed by atoms with Crippen molar-refractivity contribution in [1.29, 1.82) is 0 Å². The highest BCUT2D eigenvalue weighted by atomic mass is 15.1. The van der Waals surface area contributed by atoms with Crippen LogP contribution in [0.3, 0.4) is 0 Å². The Balaban J connectivity index is 1.71. The van der Waals surface area contributed by atoms with Crippen LogP contribution in [0.2, 0.25) is 0 Å². The standard InChI is InChI=1S/C13H26N2/c1-11(12-8-14-9-12)10-15-6-4-13(2,3)5-7-15/h11-12,14H,4-10H2,1-3H3. The highest BCUT2D eigenvalue weighted by Crippen LogP contribution is 2.30. The van der Waals surface area contributed by atoms with Crippen LogP contribution in [0.4, 0.5) is 0 Å². The lowest BCUT2D eigenvalue weighted by Gasteiger charge is -2.40. The average Bonchev–Trinajstić information content (AvgIpc) is 2.05. The Hall–Kier alpha value is -0.0800. The first-order valence-corrected chi connectivity index (χ1v) is 6.50. The van der Waals surface area contributed by atoms with E-state index in [2.05, 4.69) is 31.0 Å². The number of rotatable bonds is 3. The summed E-state index contributed by atoms with van der Waals surface area (Å²) in [6, 6.07) is 0. The Labute approximate surface area is 94.4 Å². The molecule has 0 aliphatic carbocycles. The molecule has 0 spiro atoms. The van der Waals surface area contributed by atoms with Gasteiger partial charge in [0.05, 0.1) is 0 Å². The van der Waals surface area contributed by atoms with Crippen LogP contribution in [-0.2, 0) is 0 Å². The zero-order chi connectivity index (χ0) is 10.9. The topological polar surface area (TPSA) is 15.3 Å². The van der Waals surface area contributed by atoms with Gasteiger partial charge in [-0.05, 0) is 56.3 Å². The number of nitrogens with zero attached hydrogens (tertiary/aromatic N) is 1. The Bertz CT molecular complexity index is 199. The summed E-state index contributed by atoms with van der Waals surface area (Å²) in [6.45, 7) is 13.7. The molecule has 1 unspecified atom stereocenters. The molecule has 0 bridgehead atoms. The normalized spacial score (nSPS) is 29.8. The number of likely N-dealkylation sites (tertiary alicyclic amines) is 1. The van der Waals surface area contributed by atoms with Gasteiger partial charge in [0, 0.05) is 6.54 Å². The molecule has 2 rings (SSSR count). The van der Waals surface area contributed by atoms with Gasteiger partial charge >= 0.3 is 0 Å². The minimum atomic E-state index is 0.595. The first kappa shape index (κ1) is 11.4. The third-order valence-electron chi connectivity index (χ3n) is 4.37. The molecular formula is C13H26N2. The summed E-state index contributed by atoms with van der Waals surface area (Å²) in [6.07, 6.45) is 2.76. The van der Waals surface area contributed by atoms with Crippen molar-refractivity contribution in [2.75, 3.05) is 32.7 Å². The Morgan fingerprint density at radius 2 is 1.87 bits per heavy atom. The maximum Gasteiger partial charge on any atom is 0.00106 e. The molecule has 2 fully saturated rings. The van der Waals surface area contributed by atoms with Crippen molar-refractivity contribution in [2.24, 2.45) is 17.3 Å². The van der Waals surface area contributed by atoms with E-state index in [9.17, 15) is 0 Å². The lowest BCUT2D eigenvalue weighted by molar-refractivity contribution is 0.0979. The molecule has 2 heterocycles. The van der Waals surface area contributed by atoms with Crippen LogP contribution in [0, 0.1) is 17.3 Å². The van der Waals surface area contributed by atoms with Gasteiger partial charge in [0.15, 0.2) is 0 Å². The molecular weight excluding hydrogens is 184 g/mol. The SMILES string of the molecule is CC(CN1CCC(C)(C)CC1)C1CNC1. The number of nitrogens with one attached hydrogen (secondary N) is 1. The fourth-order valence-electron chi connectivity index (χ4n) is 2.61. The van der Waals surface area contributed by atoms with Gasteiger partial charge < -0.3 is 10.2 Å². The number of hydrogen-bond acceptors (Lipinski definition) is 2. The van der Waals surface area contributed by atoms with Gasteiger partial charge in [-0.3, -0.25) is 0 Å². The lowest BCUT2D eigenvalue weighted by Crippen LogP contribution is -2.49. The summed E-state index contributed by atoms with van der Waals surface area (Å²) in [5.41, 5.74) is 0.595. The van der Waals surface area contributed by atoms with Crippen molar-refractivity contribution in [2.45, 2.75) is 33.6 Å². The molecule has 88 valence electrons. The Morgan fingerprint density at radius 3 is 2.33 bits per heavy atom. The van der Waals surface area contributed by atoms with Crippen LogP contribution in [0.5, 0.6) is 0 Å². The van der Waals surface area contributed by atoms with Gasteiger partial charge in [-0.2, -0.15) is 0 Å². The van der Waals surface area contributed by atoms with E-state index in [1.807, 2.05) is 0 Å². The molecule has 2 saturated heterocycles. The van der Waals surface area contributed by atoms with Crippen molar-refractivity contribution < 1.29 is 0 Å². The molecule has 2 aliphatic rings. The van der Waals surface area contributed by atoms with Gasteiger partial charge in [0.25, 0.3) is 0 Å². The number of hydrogen-bond donors (Lipinski definition) is 1. The molecule has 0 saturated carbocycles. The molecule has 1 N–H and O–H groups in total. The van der Waals surface area contributed by atoms with E-state index in [4.69, 9.17) is 0 Å². The van der Waals surface area contributed by atoms with Crippen LogP contribution >= 0.6 is 0 Å². The fraction of sp³-hybridized carbons (Fsp3) is 1.00. The molecule has 15 heavy (non-hydrogen) atoms. The zero-order valence-electron chi connectivity index (χ0n) is 10.6. The quantitative estimate of drug-likeness (QED) is 0.766. The smallest absolute Gasteiger partial charge is 0.00106 e. The van der Waals surface area contributed by atoms with Gasteiger partial charge in [0.1, 0.15) is 0 Å². The Morgan fingerprint density at radius 1 is 1.27 bits per heavy atom. The second-order valence-corrected chi connectivity index (χ2v) is 6.36. The van der Waals surface area contributed by atoms with E-state index in [1.54, 1.807) is 0 Å². The van der Waals surface area contributed by atoms with Gasteiger partial charge in [-0.25, -0.2) is 0 Å². The van der Waals surface area contributed by atoms with Gasteiger partial charge in [-0.15, -0.1) is 0 Å². The average molecular weight is 210 g/mol. The third kappa shape index (κ3) is 2.94. The lowest BCUT2D eigenvalue weighted by atomic mass is 9.81. The van der Waals surface area contributed by atoms with Gasteiger partial charge in [-0.1, -0.05) is 20.8 Å². The first-order valence-electron chi connectivity index (χ1n) is 6.50. The van der Waals surface area contributed by atoms with Crippen molar-refractivity contribution in [1.82, 2.24) is 10.2 Å². The van der Waals surface area contributed by atoms with Crippen molar-refractivity contribution in [3.05, 3.63) is 0 Å². The van der Waals surface area contributed by atoms with Crippen LogP contribution < -0.4 is 5.32 Å². The van der Waals surface area contributed by atoms with Gasteiger partial charge in [0.2, 0.25) is 0 Å². The second-order valence-electron chi connectivity index (χ2n) is 6.36. The summed E-state index contributed by atoms with van der Waals surface area (Å²) in [4.78, 5) is 2.67. The summed E-state index contributed by atoms with van der Waals surface area (Å²) >= 11 is 0. The maximum absolute atomic E-state index is 3.37. The van der Waals surface area contributed by atoms with Crippen LogP contribution in [-0.4, -0.2) is 37.6 Å². The Kier molecular flexibility index (Phi) is 3.36. The van der Waals surface area contributed by atoms with Crippen LogP contribution in [0.1, 0.15) is 33.6 Å². The molecule has 2 heteroatoms. The minimum absolute atomic E-state index is 0.595.